The van der Waals surface area contributed by atoms with Crippen molar-refractivity contribution in [3.63, 3.8) is 0 Å². The monoisotopic (exact) mass is 216 g/mol. The van der Waals surface area contributed by atoms with Crippen molar-refractivity contribution in [3.8, 4) is 0 Å². The summed E-state index contributed by atoms with van der Waals surface area (Å²) < 4.78 is 0. The highest BCUT2D eigenvalue weighted by atomic mass is 32.2. The van der Waals surface area contributed by atoms with E-state index in [-0.39, 0.29) is 5.41 Å². The Morgan fingerprint density at radius 2 is 2.00 bits per heavy atom. The largest absolute Gasteiger partial charge is 0.326 e. The lowest BCUT2D eigenvalue weighted by Gasteiger charge is -2.32. The molecule has 14 heavy (non-hydrogen) atoms. The second kappa shape index (κ2) is 5.38. The van der Waals surface area contributed by atoms with Gasteiger partial charge in [0.15, 0.2) is 0 Å². The molecule has 1 fully saturated rings. The molecule has 0 aliphatic carbocycles. The quantitative estimate of drug-likeness (QED) is 0.763. The first-order valence-corrected chi connectivity index (χ1v) is 6.71. The molecule has 0 saturated carbocycles. The molecule has 3 heteroatoms. The van der Waals surface area contributed by atoms with E-state index in [4.69, 9.17) is 5.73 Å². The van der Waals surface area contributed by atoms with Gasteiger partial charge in [0, 0.05) is 24.9 Å². The van der Waals surface area contributed by atoms with Crippen LogP contribution < -0.4 is 5.73 Å². The van der Waals surface area contributed by atoms with Gasteiger partial charge in [-0.15, -0.1) is 0 Å². The maximum Gasteiger partial charge on any atom is 0.0217 e. The van der Waals surface area contributed by atoms with E-state index in [1.54, 1.807) is 0 Å². The second-order valence-corrected chi connectivity index (χ2v) is 6.46. The summed E-state index contributed by atoms with van der Waals surface area (Å²) in [6.07, 6.45) is 1.32. The summed E-state index contributed by atoms with van der Waals surface area (Å²) in [5.74, 6) is 2.60. The van der Waals surface area contributed by atoms with Gasteiger partial charge in [-0.2, -0.15) is 11.8 Å². The van der Waals surface area contributed by atoms with Crippen LogP contribution >= 0.6 is 11.8 Å². The van der Waals surface area contributed by atoms with Gasteiger partial charge >= 0.3 is 0 Å². The average Bonchev–Trinajstić information content (AvgIpc) is 2.31. The van der Waals surface area contributed by atoms with E-state index in [1.807, 2.05) is 0 Å². The van der Waals surface area contributed by atoms with Crippen LogP contribution in [0.4, 0.5) is 0 Å². The fourth-order valence-electron chi connectivity index (χ4n) is 1.53. The van der Waals surface area contributed by atoms with E-state index < -0.39 is 0 Å². The van der Waals surface area contributed by atoms with Crippen molar-refractivity contribution in [1.82, 2.24) is 4.90 Å². The van der Waals surface area contributed by atoms with E-state index in [1.165, 1.54) is 31.0 Å². The topological polar surface area (TPSA) is 29.3 Å². The van der Waals surface area contributed by atoms with Crippen molar-refractivity contribution in [2.24, 2.45) is 11.1 Å². The predicted octanol–water partition coefficient (Wildman–Crippen LogP) is 1.80. The van der Waals surface area contributed by atoms with Gasteiger partial charge in [0.25, 0.3) is 0 Å². The molecule has 1 aliphatic heterocycles. The number of nitrogens with two attached hydrogens (primary N) is 1. The summed E-state index contributed by atoms with van der Waals surface area (Å²) in [4.78, 5) is 2.52. The second-order valence-electron chi connectivity index (χ2n) is 5.24. The highest BCUT2D eigenvalue weighted by Gasteiger charge is 2.23. The lowest BCUT2D eigenvalue weighted by molar-refractivity contribution is 0.209. The molecule has 84 valence electrons. The summed E-state index contributed by atoms with van der Waals surface area (Å²) >= 11 is 2.07. The van der Waals surface area contributed by atoms with Crippen LogP contribution in [-0.4, -0.2) is 42.1 Å². The molecule has 1 atom stereocenters. The van der Waals surface area contributed by atoms with Gasteiger partial charge in [-0.1, -0.05) is 20.8 Å². The van der Waals surface area contributed by atoms with Crippen molar-refractivity contribution < 1.29 is 0 Å². The first-order valence-electron chi connectivity index (χ1n) is 5.56. The van der Waals surface area contributed by atoms with E-state index in [0.29, 0.717) is 6.04 Å². The molecular weight excluding hydrogens is 192 g/mol. The normalized spacial score (nSPS) is 23.1. The van der Waals surface area contributed by atoms with Crippen LogP contribution in [0.3, 0.4) is 0 Å². The summed E-state index contributed by atoms with van der Waals surface area (Å²) in [6, 6.07) is 0.297. The Morgan fingerprint density at radius 3 is 2.64 bits per heavy atom. The zero-order valence-corrected chi connectivity index (χ0v) is 10.6. The first kappa shape index (κ1) is 12.3. The van der Waals surface area contributed by atoms with Crippen LogP contribution in [-0.2, 0) is 0 Å². The average molecular weight is 216 g/mol. The van der Waals surface area contributed by atoms with Crippen LogP contribution in [0.15, 0.2) is 0 Å². The zero-order chi connectivity index (χ0) is 10.6. The molecule has 0 aromatic rings. The standard InChI is InChI=1S/C11H24N2S/c1-11(2,3)10(12)9-13-5-4-7-14-8-6-13/h10H,4-9,12H2,1-3H3. The summed E-state index contributed by atoms with van der Waals surface area (Å²) in [7, 11) is 0. The Hall–Kier alpha value is 0.270. The van der Waals surface area contributed by atoms with E-state index >= 15 is 0 Å². The minimum atomic E-state index is 0.236. The van der Waals surface area contributed by atoms with Gasteiger partial charge in [-0.05, 0) is 24.1 Å². The molecule has 0 aromatic heterocycles. The molecule has 1 unspecified atom stereocenters. The number of rotatable bonds is 2. The van der Waals surface area contributed by atoms with Gasteiger partial charge < -0.3 is 10.6 Å². The Morgan fingerprint density at radius 1 is 1.29 bits per heavy atom. The molecule has 0 amide bonds. The van der Waals surface area contributed by atoms with Crippen molar-refractivity contribution >= 4 is 11.8 Å². The maximum absolute atomic E-state index is 6.18. The Labute approximate surface area is 92.6 Å². The van der Waals surface area contributed by atoms with Crippen molar-refractivity contribution in [3.05, 3.63) is 0 Å². The summed E-state index contributed by atoms with van der Waals surface area (Å²) in [5.41, 5.74) is 6.42. The van der Waals surface area contributed by atoms with Crippen LogP contribution in [0, 0.1) is 5.41 Å². The molecule has 0 bridgehead atoms. The molecule has 0 spiro atoms. The summed E-state index contributed by atoms with van der Waals surface area (Å²) in [6.45, 7) is 10.2. The minimum absolute atomic E-state index is 0.236. The molecule has 1 heterocycles. The molecule has 1 rings (SSSR count). The Bertz CT molecular complexity index is 157. The lowest BCUT2D eigenvalue weighted by Crippen LogP contribution is -2.46. The van der Waals surface area contributed by atoms with E-state index in [0.717, 1.165) is 6.54 Å². The van der Waals surface area contributed by atoms with Crippen molar-refractivity contribution in [2.75, 3.05) is 31.1 Å². The van der Waals surface area contributed by atoms with Crippen LogP contribution in [0.2, 0.25) is 0 Å². The zero-order valence-electron chi connectivity index (χ0n) is 9.75. The third-order valence-electron chi connectivity index (χ3n) is 2.88. The van der Waals surface area contributed by atoms with Crippen molar-refractivity contribution in [1.29, 1.82) is 0 Å². The van der Waals surface area contributed by atoms with Crippen LogP contribution in [0.1, 0.15) is 27.2 Å². The fourth-order valence-corrected chi connectivity index (χ4v) is 2.46. The lowest BCUT2D eigenvalue weighted by atomic mass is 9.87. The molecule has 1 aliphatic rings. The number of nitrogens with zero attached hydrogens (tertiary/aromatic N) is 1. The van der Waals surface area contributed by atoms with Crippen LogP contribution in [0.25, 0.3) is 0 Å². The minimum Gasteiger partial charge on any atom is -0.326 e. The third kappa shape index (κ3) is 4.20. The smallest absolute Gasteiger partial charge is 0.0217 e. The Balaban J connectivity index is 2.34. The molecular formula is C11H24N2S. The van der Waals surface area contributed by atoms with Gasteiger partial charge in [0.2, 0.25) is 0 Å². The molecule has 2 nitrogen and oxygen atoms in total. The fraction of sp³-hybridized carbons (Fsp3) is 1.00. The van der Waals surface area contributed by atoms with Gasteiger partial charge in [-0.3, -0.25) is 0 Å². The first-order chi connectivity index (χ1) is 6.50. The van der Waals surface area contributed by atoms with Crippen LogP contribution in [0.5, 0.6) is 0 Å². The van der Waals surface area contributed by atoms with Gasteiger partial charge in [0.05, 0.1) is 0 Å². The van der Waals surface area contributed by atoms with Gasteiger partial charge in [0.1, 0.15) is 0 Å². The van der Waals surface area contributed by atoms with E-state index in [9.17, 15) is 0 Å². The third-order valence-corrected chi connectivity index (χ3v) is 3.93. The highest BCUT2D eigenvalue weighted by molar-refractivity contribution is 7.99. The molecule has 0 aromatic carbocycles. The number of hydrogen-bond acceptors (Lipinski definition) is 3. The Kier molecular flexibility index (Phi) is 4.74. The molecule has 1 saturated heterocycles. The predicted molar refractivity (Wildman–Crippen MR) is 65.8 cm³/mol. The molecule has 2 N–H and O–H groups in total. The van der Waals surface area contributed by atoms with Gasteiger partial charge in [-0.25, -0.2) is 0 Å². The summed E-state index contributed by atoms with van der Waals surface area (Å²) in [5, 5.41) is 0. The SMILES string of the molecule is CC(C)(C)C(N)CN1CCCSCC1. The highest BCUT2D eigenvalue weighted by Crippen LogP contribution is 2.19. The number of thioether (sulfide) groups is 1. The maximum atomic E-state index is 6.18. The van der Waals surface area contributed by atoms with E-state index in [2.05, 4.69) is 37.4 Å². The number of hydrogen-bond donors (Lipinski definition) is 1. The molecule has 0 radical (unpaired) electrons. The van der Waals surface area contributed by atoms with Crippen molar-refractivity contribution in [2.45, 2.75) is 33.2 Å².